The van der Waals surface area contributed by atoms with Gasteiger partial charge in [-0.05, 0) is 48.0 Å². The molecule has 1 heterocycles. The second kappa shape index (κ2) is 8.01. The summed E-state index contributed by atoms with van der Waals surface area (Å²) in [7, 11) is 3.91. The summed E-state index contributed by atoms with van der Waals surface area (Å²) in [6.07, 6.45) is 0. The monoisotopic (exact) mass is 405 g/mol. The van der Waals surface area contributed by atoms with Crippen LogP contribution in [-0.4, -0.2) is 25.0 Å². The van der Waals surface area contributed by atoms with Gasteiger partial charge in [-0.3, -0.25) is 9.69 Å². The molecule has 4 rings (SSSR count). The van der Waals surface area contributed by atoms with Crippen LogP contribution in [0.15, 0.2) is 72.8 Å². The zero-order chi connectivity index (χ0) is 20.4. The van der Waals surface area contributed by atoms with Gasteiger partial charge in [0.1, 0.15) is 5.82 Å². The Labute approximate surface area is 172 Å². The Bertz CT molecular complexity index is 1140. The van der Waals surface area contributed by atoms with Crippen LogP contribution in [0.2, 0.25) is 0 Å². The first-order valence-corrected chi connectivity index (χ1v) is 10.0. The number of hydrogen-bond donors (Lipinski definition) is 0. The molecular formula is C23H20FN3OS. The van der Waals surface area contributed by atoms with Crippen LogP contribution in [-0.2, 0) is 6.54 Å². The molecule has 0 unspecified atom stereocenters. The van der Waals surface area contributed by atoms with Crippen molar-refractivity contribution in [3.63, 3.8) is 0 Å². The molecule has 0 saturated carbocycles. The highest BCUT2D eigenvalue weighted by molar-refractivity contribution is 7.22. The maximum atomic E-state index is 13.6. The van der Waals surface area contributed by atoms with Crippen LogP contribution in [0.3, 0.4) is 0 Å². The van der Waals surface area contributed by atoms with Gasteiger partial charge in [0.25, 0.3) is 5.91 Å². The number of aromatic nitrogens is 1. The van der Waals surface area contributed by atoms with Gasteiger partial charge >= 0.3 is 0 Å². The van der Waals surface area contributed by atoms with Crippen molar-refractivity contribution in [2.45, 2.75) is 6.54 Å². The van der Waals surface area contributed by atoms with Gasteiger partial charge in [-0.15, -0.1) is 0 Å². The van der Waals surface area contributed by atoms with E-state index in [4.69, 9.17) is 0 Å². The van der Waals surface area contributed by atoms with Crippen LogP contribution in [0.1, 0.15) is 15.9 Å². The van der Waals surface area contributed by atoms with Crippen LogP contribution < -0.4 is 9.80 Å². The van der Waals surface area contributed by atoms with Gasteiger partial charge in [0.2, 0.25) is 0 Å². The molecule has 0 N–H and O–H groups in total. The first-order chi connectivity index (χ1) is 14.0. The van der Waals surface area contributed by atoms with Crippen molar-refractivity contribution in [3.05, 3.63) is 89.7 Å². The van der Waals surface area contributed by atoms with Crippen molar-refractivity contribution in [1.82, 2.24) is 4.98 Å². The highest BCUT2D eigenvalue weighted by atomic mass is 32.1. The highest BCUT2D eigenvalue weighted by Gasteiger charge is 2.22. The Morgan fingerprint density at radius 2 is 1.72 bits per heavy atom. The molecule has 0 fully saturated rings. The molecule has 3 aromatic carbocycles. The lowest BCUT2D eigenvalue weighted by Gasteiger charge is -2.21. The zero-order valence-corrected chi connectivity index (χ0v) is 17.0. The van der Waals surface area contributed by atoms with Crippen LogP contribution in [0, 0.1) is 5.82 Å². The van der Waals surface area contributed by atoms with Gasteiger partial charge in [0.05, 0.1) is 16.8 Å². The van der Waals surface area contributed by atoms with Crippen molar-refractivity contribution in [3.8, 4) is 0 Å². The molecule has 0 aliphatic rings. The van der Waals surface area contributed by atoms with Crippen LogP contribution >= 0.6 is 11.3 Å². The Balaban J connectivity index is 1.73. The van der Waals surface area contributed by atoms with E-state index < -0.39 is 0 Å². The third-order valence-electron chi connectivity index (χ3n) is 4.63. The number of fused-ring (bicyclic) bond motifs is 1. The van der Waals surface area contributed by atoms with E-state index in [1.54, 1.807) is 11.0 Å². The lowest BCUT2D eigenvalue weighted by atomic mass is 10.1. The van der Waals surface area contributed by atoms with E-state index in [1.807, 2.05) is 73.6 Å². The minimum absolute atomic E-state index is 0.140. The molecule has 1 aromatic heterocycles. The Kier molecular flexibility index (Phi) is 5.27. The van der Waals surface area contributed by atoms with Crippen molar-refractivity contribution >= 4 is 38.3 Å². The normalized spacial score (nSPS) is 10.9. The third-order valence-corrected chi connectivity index (χ3v) is 5.67. The SMILES string of the molecule is CN(C)c1ccc(C(=O)N(Cc2ccccc2)c2nc3ccc(F)cc3s2)cc1. The van der Waals surface area contributed by atoms with Crippen molar-refractivity contribution in [1.29, 1.82) is 0 Å². The van der Waals surface area contributed by atoms with E-state index in [1.165, 1.54) is 23.5 Å². The van der Waals surface area contributed by atoms with E-state index in [2.05, 4.69) is 4.98 Å². The first kappa shape index (κ1) is 19.1. The number of benzene rings is 3. The number of carbonyl (C=O) groups is 1. The summed E-state index contributed by atoms with van der Waals surface area (Å²) in [4.78, 5) is 21.6. The number of rotatable bonds is 5. The molecule has 0 radical (unpaired) electrons. The molecule has 4 nitrogen and oxygen atoms in total. The molecule has 0 saturated heterocycles. The van der Waals surface area contributed by atoms with Crippen molar-refractivity contribution in [2.75, 3.05) is 23.9 Å². The quantitative estimate of drug-likeness (QED) is 0.449. The minimum atomic E-state index is -0.312. The number of halogens is 1. The number of thiazole rings is 1. The topological polar surface area (TPSA) is 36.4 Å². The van der Waals surface area contributed by atoms with E-state index in [9.17, 15) is 9.18 Å². The van der Waals surface area contributed by atoms with Gasteiger partial charge in [0.15, 0.2) is 5.13 Å². The van der Waals surface area contributed by atoms with Crippen LogP contribution in [0.4, 0.5) is 15.2 Å². The van der Waals surface area contributed by atoms with E-state index in [0.717, 1.165) is 11.3 Å². The fourth-order valence-electron chi connectivity index (χ4n) is 3.05. The second-order valence-corrected chi connectivity index (χ2v) is 7.94. The van der Waals surface area contributed by atoms with Gasteiger partial charge in [0, 0.05) is 25.3 Å². The fourth-order valence-corrected chi connectivity index (χ4v) is 4.04. The highest BCUT2D eigenvalue weighted by Crippen LogP contribution is 2.31. The summed E-state index contributed by atoms with van der Waals surface area (Å²) in [6.45, 7) is 0.386. The molecule has 4 aromatic rings. The average Bonchev–Trinajstić information content (AvgIpc) is 3.15. The Morgan fingerprint density at radius 1 is 1.00 bits per heavy atom. The average molecular weight is 405 g/mol. The largest absolute Gasteiger partial charge is 0.378 e. The van der Waals surface area contributed by atoms with Gasteiger partial charge in [-0.2, -0.15) is 0 Å². The minimum Gasteiger partial charge on any atom is -0.378 e. The summed E-state index contributed by atoms with van der Waals surface area (Å²) in [5.41, 5.74) is 3.28. The second-order valence-electron chi connectivity index (χ2n) is 6.93. The standard InChI is InChI=1S/C23H20FN3OS/c1-26(2)19-11-8-17(9-12-19)22(28)27(15-16-6-4-3-5-7-16)23-25-20-13-10-18(24)14-21(20)29-23/h3-14H,15H2,1-2H3. The summed E-state index contributed by atoms with van der Waals surface area (Å²) < 4.78 is 14.3. The molecular weight excluding hydrogens is 385 g/mol. The smallest absolute Gasteiger partial charge is 0.260 e. The van der Waals surface area contributed by atoms with Crippen LogP contribution in [0.5, 0.6) is 0 Å². The van der Waals surface area contributed by atoms with E-state index in [-0.39, 0.29) is 11.7 Å². The first-order valence-electron chi connectivity index (χ1n) is 9.20. The van der Waals surface area contributed by atoms with Gasteiger partial charge < -0.3 is 4.90 Å². The Morgan fingerprint density at radius 3 is 2.41 bits per heavy atom. The zero-order valence-electron chi connectivity index (χ0n) is 16.2. The fraction of sp³-hybridized carbons (Fsp3) is 0.130. The Hall–Kier alpha value is -3.25. The maximum absolute atomic E-state index is 13.6. The molecule has 0 aliphatic carbocycles. The summed E-state index contributed by atoms with van der Waals surface area (Å²) >= 11 is 1.32. The number of carbonyl (C=O) groups excluding carboxylic acids is 1. The maximum Gasteiger partial charge on any atom is 0.260 e. The lowest BCUT2D eigenvalue weighted by molar-refractivity contribution is 0.0985. The van der Waals surface area contributed by atoms with Gasteiger partial charge in [-0.1, -0.05) is 41.7 Å². The number of anilines is 2. The van der Waals surface area contributed by atoms with E-state index in [0.29, 0.717) is 27.5 Å². The predicted molar refractivity (Wildman–Crippen MR) is 117 cm³/mol. The molecule has 6 heteroatoms. The molecule has 146 valence electrons. The number of hydrogen-bond acceptors (Lipinski definition) is 4. The third kappa shape index (κ3) is 4.12. The number of nitrogens with zero attached hydrogens (tertiary/aromatic N) is 3. The molecule has 1 amide bonds. The molecule has 29 heavy (non-hydrogen) atoms. The molecule has 0 aliphatic heterocycles. The summed E-state index contributed by atoms with van der Waals surface area (Å²) in [5.74, 6) is -0.452. The van der Waals surface area contributed by atoms with Gasteiger partial charge in [-0.25, -0.2) is 9.37 Å². The van der Waals surface area contributed by atoms with Crippen molar-refractivity contribution in [2.24, 2.45) is 0 Å². The lowest BCUT2D eigenvalue weighted by Crippen LogP contribution is -2.30. The summed E-state index contributed by atoms with van der Waals surface area (Å²) in [6, 6.07) is 21.7. The number of amides is 1. The molecule has 0 spiro atoms. The predicted octanol–water partition coefficient (Wildman–Crippen LogP) is 5.35. The molecule has 0 bridgehead atoms. The molecule has 0 atom stereocenters. The van der Waals surface area contributed by atoms with Crippen LogP contribution in [0.25, 0.3) is 10.2 Å². The van der Waals surface area contributed by atoms with E-state index >= 15 is 0 Å². The van der Waals surface area contributed by atoms with Crippen molar-refractivity contribution < 1.29 is 9.18 Å². The summed E-state index contributed by atoms with van der Waals surface area (Å²) in [5, 5.41) is 0.552.